The zero-order chi connectivity index (χ0) is 15.3. The fourth-order valence-corrected chi connectivity index (χ4v) is 3.86. The molecule has 1 heterocycles. The summed E-state index contributed by atoms with van der Waals surface area (Å²) in [5, 5.41) is 2.28. The summed E-state index contributed by atoms with van der Waals surface area (Å²) in [5.74, 6) is -1.88. The van der Waals surface area contributed by atoms with E-state index in [4.69, 9.17) is 34.8 Å². The summed E-state index contributed by atoms with van der Waals surface area (Å²) in [6, 6.07) is 9.13. The Hall–Kier alpha value is -1.29. The molecule has 1 aromatic rings. The van der Waals surface area contributed by atoms with Crippen LogP contribution in [0, 0.1) is 11.3 Å². The minimum absolute atomic E-state index is 0.455. The zero-order valence-electron chi connectivity index (χ0n) is 10.6. The summed E-state index contributed by atoms with van der Waals surface area (Å²) in [5.41, 5.74) is -0.285. The van der Waals surface area contributed by atoms with Gasteiger partial charge in [-0.25, -0.2) is 0 Å². The van der Waals surface area contributed by atoms with Crippen LogP contribution in [0.5, 0.6) is 0 Å². The number of rotatable bonds is 1. The molecule has 2 aliphatic rings. The highest BCUT2D eigenvalue weighted by atomic mass is 35.6. The van der Waals surface area contributed by atoms with Gasteiger partial charge in [-0.15, -0.1) is 0 Å². The van der Waals surface area contributed by atoms with Crippen molar-refractivity contribution in [3.05, 3.63) is 54.1 Å². The van der Waals surface area contributed by atoms with Crippen LogP contribution in [0.25, 0.3) is 5.57 Å². The average molecular weight is 343 g/mol. The van der Waals surface area contributed by atoms with Crippen molar-refractivity contribution in [3.63, 3.8) is 0 Å². The van der Waals surface area contributed by atoms with E-state index in [0.717, 1.165) is 5.56 Å². The van der Waals surface area contributed by atoms with Crippen LogP contribution in [0.3, 0.4) is 0 Å². The van der Waals surface area contributed by atoms with E-state index in [0.29, 0.717) is 5.57 Å². The van der Waals surface area contributed by atoms with Gasteiger partial charge < -0.3 is 0 Å². The number of hydrogen-bond donors (Lipinski definition) is 1. The number of amides is 2. The van der Waals surface area contributed by atoms with Gasteiger partial charge in [0.25, 0.3) is 0 Å². The third-order valence-electron chi connectivity index (χ3n) is 3.87. The van der Waals surface area contributed by atoms with Crippen LogP contribution in [0.15, 0.2) is 48.6 Å². The van der Waals surface area contributed by atoms with Gasteiger partial charge in [-0.3, -0.25) is 14.9 Å². The maximum absolute atomic E-state index is 12.5. The number of hydrogen-bond acceptors (Lipinski definition) is 2. The van der Waals surface area contributed by atoms with E-state index in [-0.39, 0.29) is 0 Å². The van der Waals surface area contributed by atoms with Gasteiger partial charge in [0.15, 0.2) is 0 Å². The minimum atomic E-state index is -1.96. The van der Waals surface area contributed by atoms with E-state index in [1.165, 1.54) is 0 Å². The summed E-state index contributed by atoms with van der Waals surface area (Å²) in [6.07, 6.45) is 5.01. The van der Waals surface area contributed by atoms with Gasteiger partial charge in [0, 0.05) is 0 Å². The Morgan fingerprint density at radius 2 is 1.76 bits per heavy atom. The Morgan fingerprint density at radius 3 is 2.38 bits per heavy atom. The summed E-state index contributed by atoms with van der Waals surface area (Å²) in [6.45, 7) is 0. The molecular weight excluding hydrogens is 333 g/mol. The number of halogens is 3. The molecule has 0 saturated carbocycles. The second-order valence-electron chi connectivity index (χ2n) is 4.93. The normalized spacial score (nSPS) is 28.1. The highest BCUT2D eigenvalue weighted by Gasteiger charge is 2.67. The van der Waals surface area contributed by atoms with E-state index >= 15 is 0 Å². The Morgan fingerprint density at radius 1 is 1.10 bits per heavy atom. The predicted octanol–water partition coefficient (Wildman–Crippen LogP) is 3.27. The van der Waals surface area contributed by atoms with Crippen LogP contribution >= 0.6 is 34.8 Å². The molecule has 2 amide bonds. The van der Waals surface area contributed by atoms with E-state index in [1.807, 2.05) is 30.3 Å². The molecule has 3 nitrogen and oxygen atoms in total. The van der Waals surface area contributed by atoms with Crippen LogP contribution in [0.1, 0.15) is 5.56 Å². The van der Waals surface area contributed by atoms with Gasteiger partial charge >= 0.3 is 0 Å². The average Bonchev–Trinajstić information content (AvgIpc) is 2.72. The molecule has 1 aromatic carbocycles. The number of allylic oxidation sites excluding steroid dienone is 2. The first kappa shape index (κ1) is 14.6. The number of carbonyl (C=O) groups is 2. The number of carbonyl (C=O) groups excluding carboxylic acids is 2. The Balaban J connectivity index is 2.28. The van der Waals surface area contributed by atoms with Crippen molar-refractivity contribution in [1.29, 1.82) is 0 Å². The maximum Gasteiger partial charge on any atom is 0.242 e. The van der Waals surface area contributed by atoms with E-state index in [1.54, 1.807) is 18.2 Å². The molecule has 1 fully saturated rings. The molecule has 6 heteroatoms. The molecule has 2 unspecified atom stereocenters. The molecule has 1 saturated heterocycles. The molecule has 1 aliphatic carbocycles. The summed E-state index contributed by atoms with van der Waals surface area (Å²) in [4.78, 5) is 24.6. The lowest BCUT2D eigenvalue weighted by atomic mass is 9.67. The number of fused-ring (bicyclic) bond motifs is 1. The van der Waals surface area contributed by atoms with Crippen molar-refractivity contribution in [2.45, 2.75) is 3.79 Å². The van der Waals surface area contributed by atoms with Crippen LogP contribution in [0.2, 0.25) is 0 Å². The van der Waals surface area contributed by atoms with Crippen LogP contribution in [-0.2, 0) is 9.59 Å². The molecule has 21 heavy (non-hydrogen) atoms. The quantitative estimate of drug-likeness (QED) is 0.629. The zero-order valence-corrected chi connectivity index (χ0v) is 12.9. The van der Waals surface area contributed by atoms with Gasteiger partial charge in [0.2, 0.25) is 15.6 Å². The number of nitrogens with one attached hydrogen (secondary N) is 1. The third-order valence-corrected chi connectivity index (χ3v) is 4.76. The second-order valence-corrected chi connectivity index (χ2v) is 7.21. The molecule has 0 spiro atoms. The van der Waals surface area contributed by atoms with E-state index in [9.17, 15) is 9.59 Å². The predicted molar refractivity (Wildman–Crippen MR) is 82.9 cm³/mol. The molecule has 0 radical (unpaired) electrons. The highest BCUT2D eigenvalue weighted by molar-refractivity contribution is 6.70. The standard InChI is InChI=1S/C15H10Cl3NO2/c16-15(17,18)14-10(9-5-2-1-3-6-9)7-4-8-11(14)12(20)19-13(14)21/h1-8,11H,(H,19,20,21). The van der Waals surface area contributed by atoms with Crippen molar-refractivity contribution >= 4 is 52.2 Å². The molecular formula is C15H10Cl3NO2. The lowest BCUT2D eigenvalue weighted by molar-refractivity contribution is -0.126. The van der Waals surface area contributed by atoms with Crippen molar-refractivity contribution in [2.24, 2.45) is 11.3 Å². The van der Waals surface area contributed by atoms with Crippen LogP contribution in [0.4, 0.5) is 0 Å². The molecule has 0 bridgehead atoms. The summed E-state index contributed by atoms with van der Waals surface area (Å²) in [7, 11) is 0. The number of benzene rings is 1. The maximum atomic E-state index is 12.5. The second kappa shape index (κ2) is 4.87. The monoisotopic (exact) mass is 341 g/mol. The number of alkyl halides is 3. The molecule has 108 valence electrons. The van der Waals surface area contributed by atoms with Gasteiger partial charge in [-0.05, 0) is 11.1 Å². The Bertz CT molecular complexity index is 676. The largest absolute Gasteiger partial charge is 0.295 e. The molecule has 1 aliphatic heterocycles. The summed E-state index contributed by atoms with van der Waals surface area (Å²) < 4.78 is -1.96. The van der Waals surface area contributed by atoms with E-state index in [2.05, 4.69) is 5.32 Å². The van der Waals surface area contributed by atoms with Gasteiger partial charge in [0.1, 0.15) is 5.41 Å². The van der Waals surface area contributed by atoms with E-state index < -0.39 is 26.9 Å². The van der Waals surface area contributed by atoms with Crippen molar-refractivity contribution in [1.82, 2.24) is 5.32 Å². The molecule has 1 N–H and O–H groups in total. The van der Waals surface area contributed by atoms with Gasteiger partial charge in [-0.1, -0.05) is 83.4 Å². The van der Waals surface area contributed by atoms with Crippen molar-refractivity contribution < 1.29 is 9.59 Å². The SMILES string of the molecule is O=C1NC(=O)C2(C(Cl)(Cl)Cl)C(c3ccccc3)=CC=CC12. The van der Waals surface area contributed by atoms with Gasteiger partial charge in [-0.2, -0.15) is 0 Å². The fourth-order valence-electron chi connectivity index (χ4n) is 2.94. The lowest BCUT2D eigenvalue weighted by Crippen LogP contribution is -2.47. The minimum Gasteiger partial charge on any atom is -0.295 e. The molecule has 0 aromatic heterocycles. The van der Waals surface area contributed by atoms with Crippen molar-refractivity contribution in [3.8, 4) is 0 Å². The smallest absolute Gasteiger partial charge is 0.242 e. The molecule has 3 rings (SSSR count). The lowest BCUT2D eigenvalue weighted by Gasteiger charge is -2.40. The van der Waals surface area contributed by atoms with Crippen LogP contribution < -0.4 is 5.32 Å². The topological polar surface area (TPSA) is 46.2 Å². The highest BCUT2D eigenvalue weighted by Crippen LogP contribution is 2.60. The first-order valence-corrected chi connectivity index (χ1v) is 7.39. The first-order chi connectivity index (χ1) is 9.89. The third kappa shape index (κ3) is 1.95. The van der Waals surface area contributed by atoms with Crippen molar-refractivity contribution in [2.75, 3.05) is 0 Å². The summed E-state index contributed by atoms with van der Waals surface area (Å²) >= 11 is 18.5. The Labute approximate surface area is 136 Å². The van der Waals surface area contributed by atoms with Gasteiger partial charge in [0.05, 0.1) is 5.92 Å². The van der Waals surface area contributed by atoms with Crippen LogP contribution in [-0.4, -0.2) is 15.6 Å². The Kier molecular flexibility index (Phi) is 3.40. The fraction of sp³-hybridized carbons (Fsp3) is 0.200. The molecule has 2 atom stereocenters. The number of imide groups is 1. The first-order valence-electron chi connectivity index (χ1n) is 6.25.